The third-order valence-corrected chi connectivity index (χ3v) is 2.47. The molecule has 2 heterocycles. The average Bonchev–Trinajstić information content (AvgIpc) is 2.63. The fourth-order valence-electron chi connectivity index (χ4n) is 1.06. The Hall–Kier alpha value is -1.29. The SMILES string of the molecule is Nn1cnc(Cc2cccs2)c1. The van der Waals surface area contributed by atoms with Crippen LogP contribution in [0.3, 0.4) is 0 Å². The molecule has 0 radical (unpaired) electrons. The number of nitrogens with zero attached hydrogens (tertiary/aromatic N) is 2. The normalized spacial score (nSPS) is 10.3. The maximum atomic E-state index is 5.47. The van der Waals surface area contributed by atoms with Gasteiger partial charge in [0.25, 0.3) is 0 Å². The van der Waals surface area contributed by atoms with Gasteiger partial charge < -0.3 is 5.84 Å². The lowest BCUT2D eigenvalue weighted by Crippen LogP contribution is -2.03. The van der Waals surface area contributed by atoms with Crippen LogP contribution in [0.1, 0.15) is 10.6 Å². The van der Waals surface area contributed by atoms with Gasteiger partial charge in [0, 0.05) is 17.5 Å². The molecule has 0 aliphatic heterocycles. The monoisotopic (exact) mass is 179 g/mol. The maximum Gasteiger partial charge on any atom is 0.114 e. The van der Waals surface area contributed by atoms with Crippen molar-refractivity contribution >= 4 is 11.3 Å². The zero-order valence-electron chi connectivity index (χ0n) is 6.47. The molecule has 0 saturated heterocycles. The Morgan fingerprint density at radius 1 is 1.58 bits per heavy atom. The third kappa shape index (κ3) is 1.48. The summed E-state index contributed by atoms with van der Waals surface area (Å²) in [5, 5.41) is 2.06. The lowest BCUT2D eigenvalue weighted by atomic mass is 10.3. The molecule has 2 aromatic rings. The van der Waals surface area contributed by atoms with Crippen LogP contribution in [0, 0.1) is 0 Å². The number of thiophene rings is 1. The predicted octanol–water partition coefficient (Wildman–Crippen LogP) is 1.25. The smallest absolute Gasteiger partial charge is 0.114 e. The average molecular weight is 179 g/mol. The first-order valence-electron chi connectivity index (χ1n) is 3.65. The first-order chi connectivity index (χ1) is 5.84. The van der Waals surface area contributed by atoms with Crippen molar-refractivity contribution in [2.45, 2.75) is 6.42 Å². The van der Waals surface area contributed by atoms with Gasteiger partial charge in [-0.15, -0.1) is 11.3 Å². The number of hydrogen-bond donors (Lipinski definition) is 1. The summed E-state index contributed by atoms with van der Waals surface area (Å²) < 4.78 is 1.48. The largest absolute Gasteiger partial charge is 0.338 e. The standard InChI is InChI=1S/C8H9N3S/c9-11-5-7(10-6-11)4-8-2-1-3-12-8/h1-3,5-6H,4,9H2. The van der Waals surface area contributed by atoms with Gasteiger partial charge in [0.05, 0.1) is 5.69 Å². The molecule has 0 saturated carbocycles. The molecule has 62 valence electrons. The van der Waals surface area contributed by atoms with Crippen LogP contribution in [0.25, 0.3) is 0 Å². The highest BCUT2D eigenvalue weighted by molar-refractivity contribution is 7.09. The van der Waals surface area contributed by atoms with Crippen molar-refractivity contribution in [2.75, 3.05) is 5.84 Å². The van der Waals surface area contributed by atoms with Gasteiger partial charge in [-0.25, -0.2) is 4.98 Å². The number of nitrogens with two attached hydrogens (primary N) is 1. The van der Waals surface area contributed by atoms with E-state index in [0.29, 0.717) is 0 Å². The highest BCUT2D eigenvalue weighted by atomic mass is 32.1. The van der Waals surface area contributed by atoms with Crippen molar-refractivity contribution in [1.29, 1.82) is 0 Å². The highest BCUT2D eigenvalue weighted by Gasteiger charge is 1.99. The number of rotatable bonds is 2. The van der Waals surface area contributed by atoms with Gasteiger partial charge in [-0.3, -0.25) is 4.68 Å². The van der Waals surface area contributed by atoms with Gasteiger partial charge in [0.1, 0.15) is 6.33 Å². The lowest BCUT2D eigenvalue weighted by Gasteiger charge is -1.89. The second-order valence-corrected chi connectivity index (χ2v) is 3.60. The summed E-state index contributed by atoms with van der Waals surface area (Å²) in [4.78, 5) is 5.45. The second-order valence-electron chi connectivity index (χ2n) is 2.57. The van der Waals surface area contributed by atoms with Crippen LogP contribution in [0.4, 0.5) is 0 Å². The minimum atomic E-state index is 0.877. The van der Waals surface area contributed by atoms with Crippen LogP contribution in [0.15, 0.2) is 30.0 Å². The predicted molar refractivity (Wildman–Crippen MR) is 49.5 cm³/mol. The zero-order valence-corrected chi connectivity index (χ0v) is 7.29. The molecule has 0 aromatic carbocycles. The molecule has 0 atom stereocenters. The Labute approximate surface area is 74.4 Å². The van der Waals surface area contributed by atoms with Crippen molar-refractivity contribution < 1.29 is 0 Å². The summed E-state index contributed by atoms with van der Waals surface area (Å²) >= 11 is 1.74. The van der Waals surface area contributed by atoms with E-state index >= 15 is 0 Å². The summed E-state index contributed by atoms with van der Waals surface area (Å²) in [6.07, 6.45) is 4.32. The number of nitrogen functional groups attached to an aromatic ring is 1. The van der Waals surface area contributed by atoms with E-state index in [0.717, 1.165) is 12.1 Å². The minimum absolute atomic E-state index is 0.877. The minimum Gasteiger partial charge on any atom is -0.338 e. The molecule has 2 rings (SSSR count). The summed E-state index contributed by atoms with van der Waals surface area (Å²) in [5.41, 5.74) is 1.01. The first kappa shape index (κ1) is 7.36. The van der Waals surface area contributed by atoms with Gasteiger partial charge in [0.2, 0.25) is 0 Å². The van der Waals surface area contributed by atoms with Gasteiger partial charge in [0.15, 0.2) is 0 Å². The quantitative estimate of drug-likeness (QED) is 0.705. The van der Waals surface area contributed by atoms with Crippen LogP contribution in [-0.2, 0) is 6.42 Å². The van der Waals surface area contributed by atoms with E-state index < -0.39 is 0 Å². The summed E-state index contributed by atoms with van der Waals surface area (Å²) in [6, 6.07) is 4.14. The van der Waals surface area contributed by atoms with Crippen LogP contribution >= 0.6 is 11.3 Å². The summed E-state index contributed by atoms with van der Waals surface area (Å²) in [6.45, 7) is 0. The van der Waals surface area contributed by atoms with Crippen molar-refractivity contribution in [1.82, 2.24) is 9.66 Å². The molecular weight excluding hydrogens is 170 g/mol. The Morgan fingerprint density at radius 3 is 3.08 bits per heavy atom. The summed E-state index contributed by atoms with van der Waals surface area (Å²) in [7, 11) is 0. The van der Waals surface area contributed by atoms with E-state index in [2.05, 4.69) is 16.4 Å². The highest BCUT2D eigenvalue weighted by Crippen LogP contribution is 2.12. The molecule has 4 heteroatoms. The molecule has 0 aliphatic rings. The van der Waals surface area contributed by atoms with E-state index in [1.807, 2.05) is 12.3 Å². The van der Waals surface area contributed by atoms with Crippen molar-refractivity contribution in [2.24, 2.45) is 0 Å². The fraction of sp³-hybridized carbons (Fsp3) is 0.125. The lowest BCUT2D eigenvalue weighted by molar-refractivity contribution is 0.999. The molecule has 2 N–H and O–H groups in total. The molecule has 3 nitrogen and oxygen atoms in total. The zero-order chi connectivity index (χ0) is 8.39. The Bertz CT molecular complexity index is 350. The van der Waals surface area contributed by atoms with E-state index in [9.17, 15) is 0 Å². The fourth-order valence-corrected chi connectivity index (χ4v) is 1.78. The van der Waals surface area contributed by atoms with E-state index in [4.69, 9.17) is 5.84 Å². The van der Waals surface area contributed by atoms with Gasteiger partial charge >= 0.3 is 0 Å². The third-order valence-electron chi connectivity index (χ3n) is 1.59. The molecule has 0 amide bonds. The van der Waals surface area contributed by atoms with E-state index in [-0.39, 0.29) is 0 Å². The van der Waals surface area contributed by atoms with Crippen LogP contribution in [-0.4, -0.2) is 9.66 Å². The Balaban J connectivity index is 2.14. The number of aromatic nitrogens is 2. The van der Waals surface area contributed by atoms with Crippen LogP contribution in [0.5, 0.6) is 0 Å². The van der Waals surface area contributed by atoms with Gasteiger partial charge in [-0.1, -0.05) is 6.07 Å². The van der Waals surface area contributed by atoms with Gasteiger partial charge in [-0.2, -0.15) is 0 Å². The van der Waals surface area contributed by atoms with Crippen molar-refractivity contribution in [3.8, 4) is 0 Å². The molecule has 0 aliphatic carbocycles. The molecular formula is C8H9N3S. The van der Waals surface area contributed by atoms with Crippen LogP contribution in [0.2, 0.25) is 0 Å². The molecule has 12 heavy (non-hydrogen) atoms. The second kappa shape index (κ2) is 2.98. The number of imidazole rings is 1. The van der Waals surface area contributed by atoms with Crippen molar-refractivity contribution in [3.05, 3.63) is 40.6 Å². The topological polar surface area (TPSA) is 43.8 Å². The molecule has 0 spiro atoms. The van der Waals surface area contributed by atoms with Crippen LogP contribution < -0.4 is 5.84 Å². The Kier molecular flexibility index (Phi) is 1.83. The number of hydrogen-bond acceptors (Lipinski definition) is 3. The van der Waals surface area contributed by atoms with Gasteiger partial charge in [-0.05, 0) is 11.4 Å². The molecule has 0 bridgehead atoms. The van der Waals surface area contributed by atoms with E-state index in [1.165, 1.54) is 9.55 Å². The summed E-state index contributed by atoms with van der Waals surface area (Å²) in [5.74, 6) is 5.47. The molecule has 0 fully saturated rings. The molecule has 2 aromatic heterocycles. The molecule has 0 unspecified atom stereocenters. The van der Waals surface area contributed by atoms with Crippen molar-refractivity contribution in [3.63, 3.8) is 0 Å². The maximum absolute atomic E-state index is 5.47. The first-order valence-corrected chi connectivity index (χ1v) is 4.53. The van der Waals surface area contributed by atoms with E-state index in [1.54, 1.807) is 17.7 Å². The Morgan fingerprint density at radius 2 is 2.50 bits per heavy atom.